The number of nitrogens with one attached hydrogen (secondary N) is 2. The van der Waals surface area contributed by atoms with E-state index in [4.69, 9.17) is 15.7 Å². The summed E-state index contributed by atoms with van der Waals surface area (Å²) in [4.78, 5) is 0. The van der Waals surface area contributed by atoms with Crippen LogP contribution >= 0.6 is 0 Å². The van der Waals surface area contributed by atoms with Crippen molar-refractivity contribution in [1.29, 1.82) is 5.26 Å². The molecule has 0 unspecified atom stereocenters. The van der Waals surface area contributed by atoms with Crippen LogP contribution in [0.2, 0.25) is 0 Å². The zero-order chi connectivity index (χ0) is 12.3. The van der Waals surface area contributed by atoms with Crippen LogP contribution in [0.1, 0.15) is 5.56 Å². The van der Waals surface area contributed by atoms with Gasteiger partial charge in [0.15, 0.2) is 5.82 Å². The lowest BCUT2D eigenvalue weighted by Gasteiger charge is -2.05. The molecule has 0 bridgehead atoms. The maximum Gasteiger partial charge on any atom is 0.172 e. The largest absolute Gasteiger partial charge is 0.497 e. The molecule has 0 saturated heterocycles. The lowest BCUT2D eigenvalue weighted by molar-refractivity contribution is 0.415. The molecule has 17 heavy (non-hydrogen) atoms. The fourth-order valence-electron chi connectivity index (χ4n) is 1.40. The summed E-state index contributed by atoms with van der Waals surface area (Å²) in [7, 11) is 1.59. The quantitative estimate of drug-likeness (QED) is 0.742. The fraction of sp³-hybridized carbons (Fsp3) is 0.0909. The molecule has 0 aliphatic rings. The van der Waals surface area contributed by atoms with Gasteiger partial charge in [0.05, 0.1) is 7.11 Å². The molecule has 2 rings (SSSR count). The van der Waals surface area contributed by atoms with Crippen molar-refractivity contribution in [3.63, 3.8) is 0 Å². The number of anilines is 3. The standard InChI is InChI=1S/C11H11N5O/c1-17-8-4-2-3-7(5-8)14-11-9(6-12)10(13)15-16-11/h2-5H,1H3,(H4,13,14,15,16). The Bertz CT molecular complexity index is 569. The van der Waals surface area contributed by atoms with Crippen LogP contribution in [0.3, 0.4) is 0 Å². The molecule has 86 valence electrons. The van der Waals surface area contributed by atoms with Crippen molar-refractivity contribution in [2.75, 3.05) is 18.2 Å². The number of nitrogens with zero attached hydrogens (tertiary/aromatic N) is 2. The van der Waals surface area contributed by atoms with Gasteiger partial charge in [-0.3, -0.25) is 5.10 Å². The van der Waals surface area contributed by atoms with Gasteiger partial charge in [0.2, 0.25) is 0 Å². The van der Waals surface area contributed by atoms with Gasteiger partial charge in [-0.1, -0.05) is 6.07 Å². The number of ether oxygens (including phenoxy) is 1. The fourth-order valence-corrected chi connectivity index (χ4v) is 1.40. The molecule has 2 aromatic rings. The molecule has 1 heterocycles. The summed E-state index contributed by atoms with van der Waals surface area (Å²) in [6.45, 7) is 0. The van der Waals surface area contributed by atoms with Gasteiger partial charge >= 0.3 is 0 Å². The van der Waals surface area contributed by atoms with Gasteiger partial charge in [-0.05, 0) is 12.1 Å². The topological polar surface area (TPSA) is 99.8 Å². The summed E-state index contributed by atoms with van der Waals surface area (Å²) < 4.78 is 5.10. The van der Waals surface area contributed by atoms with Crippen LogP contribution in [0, 0.1) is 11.3 Å². The molecule has 0 atom stereocenters. The number of benzene rings is 1. The predicted molar refractivity (Wildman–Crippen MR) is 64.0 cm³/mol. The average molecular weight is 229 g/mol. The predicted octanol–water partition coefficient (Wildman–Crippen LogP) is 1.62. The first-order chi connectivity index (χ1) is 8.24. The summed E-state index contributed by atoms with van der Waals surface area (Å²) in [6, 6.07) is 9.28. The van der Waals surface area contributed by atoms with E-state index in [9.17, 15) is 0 Å². The van der Waals surface area contributed by atoms with Crippen LogP contribution < -0.4 is 15.8 Å². The Balaban J connectivity index is 2.28. The first kappa shape index (κ1) is 10.8. The molecule has 4 N–H and O–H groups in total. The number of rotatable bonds is 3. The highest BCUT2D eigenvalue weighted by molar-refractivity contribution is 5.69. The third-order valence-electron chi connectivity index (χ3n) is 2.24. The van der Waals surface area contributed by atoms with Crippen LogP contribution in [0.15, 0.2) is 24.3 Å². The van der Waals surface area contributed by atoms with Crippen molar-refractivity contribution in [1.82, 2.24) is 10.2 Å². The third-order valence-corrected chi connectivity index (χ3v) is 2.24. The van der Waals surface area contributed by atoms with Crippen molar-refractivity contribution < 1.29 is 4.74 Å². The van der Waals surface area contributed by atoms with Crippen LogP contribution in [0.25, 0.3) is 0 Å². The second-order valence-electron chi connectivity index (χ2n) is 3.33. The highest BCUT2D eigenvalue weighted by atomic mass is 16.5. The maximum atomic E-state index is 8.91. The Labute approximate surface area is 98.0 Å². The van der Waals surface area contributed by atoms with E-state index in [1.54, 1.807) is 13.2 Å². The van der Waals surface area contributed by atoms with Crippen molar-refractivity contribution in [3.8, 4) is 11.8 Å². The molecule has 6 nitrogen and oxygen atoms in total. The highest BCUT2D eigenvalue weighted by Crippen LogP contribution is 2.24. The first-order valence-corrected chi connectivity index (χ1v) is 4.89. The Morgan fingerprint density at radius 2 is 2.35 bits per heavy atom. The SMILES string of the molecule is COc1cccc(Nc2n[nH]c(N)c2C#N)c1. The second-order valence-corrected chi connectivity index (χ2v) is 3.33. The molecule has 1 aromatic heterocycles. The number of hydrogen-bond acceptors (Lipinski definition) is 5. The van der Waals surface area contributed by atoms with Gasteiger partial charge in [-0.15, -0.1) is 0 Å². The van der Waals surface area contributed by atoms with Crippen molar-refractivity contribution in [2.24, 2.45) is 0 Å². The van der Waals surface area contributed by atoms with E-state index in [1.807, 2.05) is 24.3 Å². The lowest BCUT2D eigenvalue weighted by atomic mass is 10.2. The molecule has 6 heteroatoms. The first-order valence-electron chi connectivity index (χ1n) is 4.89. The van der Waals surface area contributed by atoms with E-state index >= 15 is 0 Å². The molecular formula is C11H11N5O. The van der Waals surface area contributed by atoms with E-state index in [0.29, 0.717) is 11.4 Å². The van der Waals surface area contributed by atoms with Gasteiger partial charge in [0.1, 0.15) is 23.2 Å². The number of methoxy groups -OCH3 is 1. The monoisotopic (exact) mass is 229 g/mol. The minimum Gasteiger partial charge on any atom is -0.497 e. The van der Waals surface area contributed by atoms with Crippen LogP contribution in [0.5, 0.6) is 5.75 Å². The number of H-pyrrole nitrogens is 1. The van der Waals surface area contributed by atoms with Gasteiger partial charge in [-0.2, -0.15) is 10.4 Å². The van der Waals surface area contributed by atoms with E-state index in [2.05, 4.69) is 15.5 Å². The minimum atomic E-state index is 0.248. The molecule has 1 aromatic carbocycles. The molecule has 0 fully saturated rings. The highest BCUT2D eigenvalue weighted by Gasteiger charge is 2.10. The Morgan fingerprint density at radius 1 is 1.53 bits per heavy atom. The van der Waals surface area contributed by atoms with E-state index < -0.39 is 0 Å². The van der Waals surface area contributed by atoms with Crippen LogP contribution in [-0.4, -0.2) is 17.3 Å². The number of nitriles is 1. The van der Waals surface area contributed by atoms with Crippen LogP contribution in [0.4, 0.5) is 17.3 Å². The molecule has 0 aliphatic heterocycles. The maximum absolute atomic E-state index is 8.91. The zero-order valence-electron chi connectivity index (χ0n) is 9.19. The van der Waals surface area contributed by atoms with Crippen molar-refractivity contribution in [3.05, 3.63) is 29.8 Å². The van der Waals surface area contributed by atoms with Gasteiger partial charge in [-0.25, -0.2) is 0 Å². The normalized spacial score (nSPS) is 9.65. The minimum absolute atomic E-state index is 0.248. The number of aromatic amines is 1. The molecule has 0 saturated carbocycles. The molecule has 0 amide bonds. The summed E-state index contributed by atoms with van der Waals surface area (Å²) in [5.74, 6) is 1.37. The summed E-state index contributed by atoms with van der Waals surface area (Å²) in [5, 5.41) is 18.4. The van der Waals surface area contributed by atoms with Gasteiger partial charge < -0.3 is 15.8 Å². The number of nitrogens with two attached hydrogens (primary N) is 1. The molecular weight excluding hydrogens is 218 g/mol. The van der Waals surface area contributed by atoms with E-state index in [1.165, 1.54) is 0 Å². The Kier molecular flexibility index (Phi) is 2.83. The van der Waals surface area contributed by atoms with Gasteiger partial charge in [0.25, 0.3) is 0 Å². The molecule has 0 radical (unpaired) electrons. The van der Waals surface area contributed by atoms with Crippen LogP contribution in [-0.2, 0) is 0 Å². The number of aromatic nitrogens is 2. The third kappa shape index (κ3) is 2.13. The Morgan fingerprint density at radius 3 is 3.06 bits per heavy atom. The summed E-state index contributed by atoms with van der Waals surface area (Å²) in [5.41, 5.74) is 6.63. The van der Waals surface area contributed by atoms with E-state index in [-0.39, 0.29) is 5.82 Å². The summed E-state index contributed by atoms with van der Waals surface area (Å²) in [6.07, 6.45) is 0. The van der Waals surface area contributed by atoms with Gasteiger partial charge in [0, 0.05) is 11.8 Å². The second kappa shape index (κ2) is 4.45. The number of nitrogen functional groups attached to an aromatic ring is 1. The molecule has 0 aliphatic carbocycles. The van der Waals surface area contributed by atoms with Crippen molar-refractivity contribution in [2.45, 2.75) is 0 Å². The summed E-state index contributed by atoms with van der Waals surface area (Å²) >= 11 is 0. The van der Waals surface area contributed by atoms with Crippen molar-refractivity contribution >= 4 is 17.3 Å². The zero-order valence-corrected chi connectivity index (χ0v) is 9.19. The Hall–Kier alpha value is -2.68. The van der Waals surface area contributed by atoms with E-state index in [0.717, 1.165) is 11.4 Å². The lowest BCUT2D eigenvalue weighted by Crippen LogP contribution is -1.94. The molecule has 0 spiro atoms. The smallest absolute Gasteiger partial charge is 0.172 e. The number of hydrogen-bond donors (Lipinski definition) is 3. The average Bonchev–Trinajstić information content (AvgIpc) is 2.70.